The number of aromatic nitrogens is 2. The van der Waals surface area contributed by atoms with E-state index in [1.807, 2.05) is 48.2 Å². The Kier molecular flexibility index (Phi) is 7.68. The van der Waals surface area contributed by atoms with Crippen molar-refractivity contribution >= 4 is 15.9 Å². The summed E-state index contributed by atoms with van der Waals surface area (Å²) in [4.78, 5) is 20.2. The average molecular weight is 605 g/mol. The zero-order valence-electron chi connectivity index (χ0n) is 24.1. The number of imidazole rings is 1. The molecule has 0 radical (unpaired) electrons. The summed E-state index contributed by atoms with van der Waals surface area (Å²) in [5.74, 6) is -2.28. The first kappa shape index (κ1) is 29.2. The molecule has 6 rings (SSSR count). The van der Waals surface area contributed by atoms with E-state index < -0.39 is 22.0 Å². The summed E-state index contributed by atoms with van der Waals surface area (Å²) in [5, 5.41) is 0. The third kappa shape index (κ3) is 6.12. The minimum absolute atomic E-state index is 0.0198. The number of allylic oxidation sites excluding steroid dienone is 3. The molecule has 0 saturated heterocycles. The first-order valence-electron chi connectivity index (χ1n) is 14.5. The maximum Gasteiger partial charge on any atom is 0.270 e. The van der Waals surface area contributed by atoms with E-state index in [1.165, 1.54) is 12.1 Å². The largest absolute Gasteiger partial charge is 0.337 e. The zero-order valence-corrected chi connectivity index (χ0v) is 24.9. The maximum atomic E-state index is 14.1. The van der Waals surface area contributed by atoms with Gasteiger partial charge in [-0.2, -0.15) is 0 Å². The number of aryl methyl sites for hydroxylation is 1. The minimum Gasteiger partial charge on any atom is -0.337 e. The van der Waals surface area contributed by atoms with Gasteiger partial charge in [0, 0.05) is 49.6 Å². The van der Waals surface area contributed by atoms with Gasteiger partial charge in [-0.1, -0.05) is 54.6 Å². The van der Waals surface area contributed by atoms with Gasteiger partial charge in [0.05, 0.1) is 11.4 Å². The Balaban J connectivity index is 1.27. The van der Waals surface area contributed by atoms with Gasteiger partial charge < -0.3 is 9.47 Å². The summed E-state index contributed by atoms with van der Waals surface area (Å²) in [6.07, 6.45) is 12.2. The summed E-state index contributed by atoms with van der Waals surface area (Å²) in [7, 11) is -2.09. The van der Waals surface area contributed by atoms with Crippen molar-refractivity contribution in [3.63, 3.8) is 0 Å². The van der Waals surface area contributed by atoms with Gasteiger partial charge in [-0.3, -0.25) is 4.79 Å². The lowest BCUT2D eigenvalue weighted by Crippen LogP contribution is -2.35. The number of benzene rings is 2. The number of rotatable bonds is 9. The normalized spacial score (nSPS) is 21.8. The van der Waals surface area contributed by atoms with E-state index in [0.717, 1.165) is 48.0 Å². The lowest BCUT2D eigenvalue weighted by Gasteiger charge is -2.25. The van der Waals surface area contributed by atoms with Crippen LogP contribution in [0.25, 0.3) is 0 Å². The van der Waals surface area contributed by atoms with Crippen molar-refractivity contribution in [2.24, 2.45) is 13.0 Å². The lowest BCUT2D eigenvalue weighted by molar-refractivity contribution is -0.131. The van der Waals surface area contributed by atoms with E-state index >= 15 is 0 Å². The molecule has 3 atom stereocenters. The molecule has 1 heterocycles. The van der Waals surface area contributed by atoms with E-state index in [2.05, 4.69) is 27.9 Å². The molecule has 7 nitrogen and oxygen atoms in total. The summed E-state index contributed by atoms with van der Waals surface area (Å²) in [5.41, 5.74) is 3.47. The molecule has 1 aromatic heterocycles. The third-order valence-electron chi connectivity index (χ3n) is 8.55. The van der Waals surface area contributed by atoms with Gasteiger partial charge in [0.25, 0.3) is 5.92 Å². The molecule has 1 amide bonds. The molecule has 3 unspecified atom stereocenters. The van der Waals surface area contributed by atoms with Crippen LogP contribution in [0.2, 0.25) is 0 Å². The highest BCUT2D eigenvalue weighted by atomic mass is 32.2. The number of alkyl halides is 2. The predicted octanol–water partition coefficient (Wildman–Crippen LogP) is 5.95. The van der Waals surface area contributed by atoms with Crippen LogP contribution in [0.1, 0.15) is 55.5 Å². The van der Waals surface area contributed by atoms with Gasteiger partial charge in [0.15, 0.2) is 0 Å². The molecule has 43 heavy (non-hydrogen) atoms. The van der Waals surface area contributed by atoms with Crippen LogP contribution in [0.5, 0.6) is 0 Å². The maximum absolute atomic E-state index is 14.1. The van der Waals surface area contributed by atoms with Crippen molar-refractivity contribution in [1.82, 2.24) is 19.2 Å². The van der Waals surface area contributed by atoms with Gasteiger partial charge in [0.2, 0.25) is 15.9 Å². The number of hydrogen-bond donors (Lipinski definition) is 1. The molecule has 224 valence electrons. The number of fused-ring (bicyclic) bond motifs is 1. The van der Waals surface area contributed by atoms with Crippen LogP contribution in [0.15, 0.2) is 107 Å². The highest BCUT2D eigenvalue weighted by molar-refractivity contribution is 7.89. The molecular formula is C33H34F2N4O3S. The summed E-state index contributed by atoms with van der Waals surface area (Å²) >= 11 is 0. The van der Waals surface area contributed by atoms with Gasteiger partial charge in [-0.15, -0.1) is 0 Å². The van der Waals surface area contributed by atoms with E-state index in [0.29, 0.717) is 25.0 Å². The second kappa shape index (κ2) is 11.3. The van der Waals surface area contributed by atoms with Gasteiger partial charge in [-0.25, -0.2) is 26.9 Å². The van der Waals surface area contributed by atoms with Crippen LogP contribution < -0.4 is 4.72 Å². The zero-order chi connectivity index (χ0) is 30.4. The number of carbonyl (C=O) groups is 1. The Bertz CT molecular complexity index is 1720. The topological polar surface area (TPSA) is 84.3 Å². The van der Waals surface area contributed by atoms with Crippen molar-refractivity contribution in [2.45, 2.75) is 61.9 Å². The van der Waals surface area contributed by atoms with Gasteiger partial charge in [-0.05, 0) is 66.5 Å². The number of halogens is 2. The Morgan fingerprint density at radius 3 is 2.53 bits per heavy atom. The predicted molar refractivity (Wildman–Crippen MR) is 159 cm³/mol. The number of carbonyl (C=O) groups excluding carboxylic acids is 1. The average Bonchev–Trinajstić information content (AvgIpc) is 3.63. The lowest BCUT2D eigenvalue weighted by atomic mass is 10.1. The van der Waals surface area contributed by atoms with Gasteiger partial charge in [0.1, 0.15) is 5.82 Å². The molecule has 10 heteroatoms. The summed E-state index contributed by atoms with van der Waals surface area (Å²) in [6, 6.07) is 14.2. The monoisotopic (exact) mass is 604 g/mol. The molecule has 2 saturated carbocycles. The highest BCUT2D eigenvalue weighted by Crippen LogP contribution is 2.49. The summed E-state index contributed by atoms with van der Waals surface area (Å²) < 4.78 is 58.7. The molecule has 3 aliphatic carbocycles. The molecule has 3 aromatic rings. The quantitative estimate of drug-likeness (QED) is 0.328. The Morgan fingerprint density at radius 1 is 1.12 bits per heavy atom. The number of nitrogens with zero attached hydrogens (tertiary/aromatic N) is 3. The van der Waals surface area contributed by atoms with Crippen molar-refractivity contribution in [3.8, 4) is 0 Å². The second-order valence-electron chi connectivity index (χ2n) is 11.6. The van der Waals surface area contributed by atoms with Crippen LogP contribution in [0.4, 0.5) is 8.78 Å². The minimum atomic E-state index is -3.99. The van der Waals surface area contributed by atoms with E-state index in [9.17, 15) is 22.0 Å². The Morgan fingerprint density at radius 2 is 1.86 bits per heavy atom. The molecule has 2 fully saturated rings. The molecule has 1 N–H and O–H groups in total. The van der Waals surface area contributed by atoms with Crippen molar-refractivity contribution in [2.75, 3.05) is 0 Å². The second-order valence-corrected chi connectivity index (χ2v) is 13.3. The Labute approximate surface area is 250 Å². The number of hydrogen-bond acceptors (Lipinski definition) is 4. The van der Waals surface area contributed by atoms with E-state index in [4.69, 9.17) is 0 Å². The fourth-order valence-corrected chi connectivity index (χ4v) is 7.24. The molecule has 0 bridgehead atoms. The van der Waals surface area contributed by atoms with Crippen LogP contribution >= 0.6 is 0 Å². The van der Waals surface area contributed by atoms with Crippen LogP contribution in [0, 0.1) is 5.92 Å². The third-order valence-corrected chi connectivity index (χ3v) is 10.0. The molecular weight excluding hydrogens is 570 g/mol. The fourth-order valence-electron chi connectivity index (χ4n) is 5.99. The SMILES string of the molecule is Cn1ccnc1CN(C(=O)C1CC1c1ccccc1)C1=CCC=C2CCC(NS(=O)(=O)c3ccc(C(C)(F)F)cc3)C2=C1. The number of nitrogens with one attached hydrogen (secondary N) is 1. The van der Waals surface area contributed by atoms with Crippen molar-refractivity contribution in [1.29, 1.82) is 0 Å². The fraction of sp³-hybridized carbons (Fsp3) is 0.333. The van der Waals surface area contributed by atoms with Crippen molar-refractivity contribution in [3.05, 3.63) is 119 Å². The molecule has 0 spiro atoms. The molecule has 0 aliphatic heterocycles. The molecule has 3 aliphatic rings. The van der Waals surface area contributed by atoms with Crippen LogP contribution in [-0.4, -0.2) is 34.8 Å². The smallest absolute Gasteiger partial charge is 0.270 e. The van der Waals surface area contributed by atoms with Crippen LogP contribution in [-0.2, 0) is 34.3 Å². The number of sulfonamides is 1. The van der Waals surface area contributed by atoms with Crippen LogP contribution in [0.3, 0.4) is 0 Å². The standard InChI is InChI=1S/C33H34F2N4O3S/c1-33(34,35)24-12-14-26(15-13-24)43(41,42)37-30-16-11-23-9-6-10-25(19-28(23)30)39(21-31-36-17-18-38(31)2)32(40)29-20-27(29)22-7-4-3-5-8-22/h3-5,7-10,12-15,17-19,27,29-30,37H,6,11,16,20-21H2,1-2H3. The first-order valence-corrected chi connectivity index (χ1v) is 15.9. The Hall–Kier alpha value is -3.89. The summed E-state index contributed by atoms with van der Waals surface area (Å²) in [6.45, 7) is 1.06. The number of amides is 1. The first-order chi connectivity index (χ1) is 20.5. The molecule has 2 aromatic carbocycles. The highest BCUT2D eigenvalue weighted by Gasteiger charge is 2.46. The van der Waals surface area contributed by atoms with Crippen molar-refractivity contribution < 1.29 is 22.0 Å². The van der Waals surface area contributed by atoms with E-state index in [-0.39, 0.29) is 34.7 Å². The van der Waals surface area contributed by atoms with E-state index in [1.54, 1.807) is 11.1 Å². The van der Waals surface area contributed by atoms with Gasteiger partial charge >= 0.3 is 0 Å².